The van der Waals surface area contributed by atoms with Gasteiger partial charge in [-0.1, -0.05) is 59.0 Å². The number of halogens is 3. The Labute approximate surface area is 133 Å². The number of nitrogens with zero attached hydrogens (tertiary/aromatic N) is 1. The Hall–Kier alpha value is -0.250. The van der Waals surface area contributed by atoms with Crippen molar-refractivity contribution in [2.45, 2.75) is 32.7 Å². The molecule has 1 rings (SSSR count). The highest BCUT2D eigenvalue weighted by atomic mass is 79.9. The highest BCUT2D eigenvalue weighted by Crippen LogP contribution is 2.27. The Kier molecular flexibility index (Phi) is 7.19. The number of carbonyl (C=O) groups is 1. The normalized spacial score (nSPS) is 10.8. The van der Waals surface area contributed by atoms with E-state index < -0.39 is 0 Å². The molecular formula is C14H18BrCl2NO. The lowest BCUT2D eigenvalue weighted by molar-refractivity contribution is 0.0683. The lowest BCUT2D eigenvalue weighted by atomic mass is 10.1. The van der Waals surface area contributed by atoms with Crippen LogP contribution < -0.4 is 0 Å². The van der Waals surface area contributed by atoms with Crippen LogP contribution in [0.2, 0.25) is 10.0 Å². The zero-order valence-electron chi connectivity index (χ0n) is 11.1. The SMILES string of the molecule is CCC(CC)N(CCBr)C(=O)c1cccc(Cl)c1Cl. The summed E-state index contributed by atoms with van der Waals surface area (Å²) in [6, 6.07) is 5.38. The van der Waals surface area contributed by atoms with Crippen LogP contribution in [0, 0.1) is 0 Å². The van der Waals surface area contributed by atoms with E-state index in [-0.39, 0.29) is 11.9 Å². The largest absolute Gasteiger partial charge is 0.335 e. The molecule has 0 heterocycles. The maximum Gasteiger partial charge on any atom is 0.255 e. The molecule has 0 unspecified atom stereocenters. The average molecular weight is 367 g/mol. The highest BCUT2D eigenvalue weighted by molar-refractivity contribution is 9.09. The van der Waals surface area contributed by atoms with Gasteiger partial charge in [0.1, 0.15) is 0 Å². The van der Waals surface area contributed by atoms with Crippen LogP contribution in [0.15, 0.2) is 18.2 Å². The molecule has 0 saturated heterocycles. The van der Waals surface area contributed by atoms with Crippen LogP contribution in [-0.4, -0.2) is 28.7 Å². The van der Waals surface area contributed by atoms with Crippen LogP contribution >= 0.6 is 39.1 Å². The second-order valence-electron chi connectivity index (χ2n) is 4.26. The molecule has 5 heteroatoms. The molecule has 0 saturated carbocycles. The van der Waals surface area contributed by atoms with Crippen molar-refractivity contribution in [1.29, 1.82) is 0 Å². The topological polar surface area (TPSA) is 20.3 Å². The van der Waals surface area contributed by atoms with Crippen molar-refractivity contribution in [1.82, 2.24) is 4.90 Å². The van der Waals surface area contributed by atoms with Gasteiger partial charge in [-0.3, -0.25) is 4.79 Å². The van der Waals surface area contributed by atoms with Crippen molar-refractivity contribution >= 4 is 45.0 Å². The second kappa shape index (κ2) is 8.13. The summed E-state index contributed by atoms with van der Waals surface area (Å²) in [6.45, 7) is 4.83. The molecule has 0 fully saturated rings. The van der Waals surface area contributed by atoms with Crippen LogP contribution in [-0.2, 0) is 0 Å². The monoisotopic (exact) mass is 365 g/mol. The molecule has 19 heavy (non-hydrogen) atoms. The van der Waals surface area contributed by atoms with Crippen LogP contribution in [0.25, 0.3) is 0 Å². The molecule has 106 valence electrons. The maximum atomic E-state index is 12.6. The Bertz CT molecular complexity index is 435. The van der Waals surface area contributed by atoms with E-state index in [1.165, 1.54) is 0 Å². The Morgan fingerprint density at radius 1 is 1.32 bits per heavy atom. The maximum absolute atomic E-state index is 12.6. The Morgan fingerprint density at radius 3 is 2.47 bits per heavy atom. The summed E-state index contributed by atoms with van der Waals surface area (Å²) in [4.78, 5) is 14.5. The lowest BCUT2D eigenvalue weighted by Gasteiger charge is -2.30. The number of amides is 1. The fourth-order valence-electron chi connectivity index (χ4n) is 2.09. The highest BCUT2D eigenvalue weighted by Gasteiger charge is 2.24. The smallest absolute Gasteiger partial charge is 0.255 e. The minimum absolute atomic E-state index is 0.0550. The van der Waals surface area contributed by atoms with Gasteiger partial charge in [-0.25, -0.2) is 0 Å². The van der Waals surface area contributed by atoms with E-state index in [0.717, 1.165) is 18.2 Å². The van der Waals surface area contributed by atoms with E-state index in [1.807, 2.05) is 4.90 Å². The fraction of sp³-hybridized carbons (Fsp3) is 0.500. The summed E-state index contributed by atoms with van der Waals surface area (Å²) in [6.07, 6.45) is 1.85. The predicted molar refractivity (Wildman–Crippen MR) is 85.7 cm³/mol. The molecule has 0 N–H and O–H groups in total. The van der Waals surface area contributed by atoms with E-state index in [0.29, 0.717) is 22.2 Å². The summed E-state index contributed by atoms with van der Waals surface area (Å²) in [7, 11) is 0. The number of alkyl halides is 1. The Morgan fingerprint density at radius 2 is 1.95 bits per heavy atom. The molecule has 1 amide bonds. The molecular weight excluding hydrogens is 349 g/mol. The first kappa shape index (κ1) is 16.8. The first-order valence-corrected chi connectivity index (χ1v) is 8.25. The zero-order valence-corrected chi connectivity index (χ0v) is 14.2. The third-order valence-electron chi connectivity index (χ3n) is 3.15. The van der Waals surface area contributed by atoms with Crippen molar-refractivity contribution < 1.29 is 4.79 Å². The van der Waals surface area contributed by atoms with Crippen LogP contribution in [0.1, 0.15) is 37.0 Å². The van der Waals surface area contributed by atoms with Crippen molar-refractivity contribution in [3.05, 3.63) is 33.8 Å². The predicted octanol–water partition coefficient (Wildman–Crippen LogP) is 5.02. The molecule has 1 aromatic rings. The van der Waals surface area contributed by atoms with Gasteiger partial charge in [0.2, 0.25) is 0 Å². The van der Waals surface area contributed by atoms with Gasteiger partial charge in [-0.15, -0.1) is 0 Å². The first-order valence-electron chi connectivity index (χ1n) is 6.37. The second-order valence-corrected chi connectivity index (χ2v) is 5.84. The van der Waals surface area contributed by atoms with Gasteiger partial charge < -0.3 is 4.90 Å². The summed E-state index contributed by atoms with van der Waals surface area (Å²) < 4.78 is 0. The quantitative estimate of drug-likeness (QED) is 0.647. The molecule has 0 radical (unpaired) electrons. The van der Waals surface area contributed by atoms with E-state index >= 15 is 0 Å². The number of hydrogen-bond donors (Lipinski definition) is 0. The van der Waals surface area contributed by atoms with Crippen molar-refractivity contribution in [3.63, 3.8) is 0 Å². The van der Waals surface area contributed by atoms with Crippen LogP contribution in [0.3, 0.4) is 0 Å². The number of benzene rings is 1. The van der Waals surface area contributed by atoms with Gasteiger partial charge >= 0.3 is 0 Å². The molecule has 0 aliphatic rings. The van der Waals surface area contributed by atoms with Gasteiger partial charge in [0, 0.05) is 17.9 Å². The summed E-state index contributed by atoms with van der Waals surface area (Å²) in [5.74, 6) is -0.0550. The van der Waals surface area contributed by atoms with E-state index in [4.69, 9.17) is 23.2 Å². The summed E-state index contributed by atoms with van der Waals surface area (Å²) in [5.41, 5.74) is 0.474. The summed E-state index contributed by atoms with van der Waals surface area (Å²) in [5, 5.41) is 1.49. The molecule has 0 atom stereocenters. The number of hydrogen-bond acceptors (Lipinski definition) is 1. The molecule has 0 aliphatic carbocycles. The van der Waals surface area contributed by atoms with Gasteiger partial charge in [0.15, 0.2) is 0 Å². The van der Waals surface area contributed by atoms with Crippen molar-refractivity contribution in [2.75, 3.05) is 11.9 Å². The summed E-state index contributed by atoms with van der Waals surface area (Å²) >= 11 is 15.5. The minimum Gasteiger partial charge on any atom is -0.335 e. The van der Waals surface area contributed by atoms with Gasteiger partial charge in [-0.05, 0) is 25.0 Å². The number of carbonyl (C=O) groups excluding carboxylic acids is 1. The van der Waals surface area contributed by atoms with E-state index in [1.54, 1.807) is 18.2 Å². The van der Waals surface area contributed by atoms with E-state index in [2.05, 4.69) is 29.8 Å². The molecule has 0 bridgehead atoms. The van der Waals surface area contributed by atoms with Gasteiger partial charge in [-0.2, -0.15) is 0 Å². The molecule has 0 aromatic heterocycles. The first-order chi connectivity index (χ1) is 9.06. The van der Waals surface area contributed by atoms with Crippen LogP contribution in [0.5, 0.6) is 0 Å². The standard InChI is InChI=1S/C14H18BrCl2NO/c1-3-10(4-2)18(9-8-15)14(19)11-6-5-7-12(16)13(11)17/h5-7,10H,3-4,8-9H2,1-2H3. The molecule has 2 nitrogen and oxygen atoms in total. The van der Waals surface area contributed by atoms with Gasteiger partial charge in [0.25, 0.3) is 5.91 Å². The Balaban J connectivity index is 3.08. The van der Waals surface area contributed by atoms with E-state index in [9.17, 15) is 4.79 Å². The fourth-order valence-corrected chi connectivity index (χ4v) is 2.86. The third kappa shape index (κ3) is 4.11. The number of rotatable bonds is 6. The van der Waals surface area contributed by atoms with Crippen molar-refractivity contribution in [2.24, 2.45) is 0 Å². The molecule has 1 aromatic carbocycles. The van der Waals surface area contributed by atoms with Crippen molar-refractivity contribution in [3.8, 4) is 0 Å². The molecule has 0 spiro atoms. The minimum atomic E-state index is -0.0550. The van der Waals surface area contributed by atoms with Gasteiger partial charge in [0.05, 0.1) is 15.6 Å². The zero-order chi connectivity index (χ0) is 14.4. The third-order valence-corrected chi connectivity index (χ3v) is 4.33. The van der Waals surface area contributed by atoms with Crippen LogP contribution in [0.4, 0.5) is 0 Å². The molecule has 0 aliphatic heterocycles. The lowest BCUT2D eigenvalue weighted by Crippen LogP contribution is -2.41. The average Bonchev–Trinajstić information content (AvgIpc) is 2.41.